The molecule has 1 rings (SSSR count). The quantitative estimate of drug-likeness (QED) is 0.586. The van der Waals surface area contributed by atoms with Gasteiger partial charge in [-0.3, -0.25) is 0 Å². The Labute approximate surface area is 82.3 Å². The van der Waals surface area contributed by atoms with Crippen molar-refractivity contribution in [3.05, 3.63) is 23.2 Å². The van der Waals surface area contributed by atoms with E-state index in [1.54, 1.807) is 17.8 Å². The van der Waals surface area contributed by atoms with Crippen LogP contribution in [0.25, 0.3) is 0 Å². The summed E-state index contributed by atoms with van der Waals surface area (Å²) in [5.41, 5.74) is 6.53. The highest BCUT2D eigenvalue weighted by atomic mass is 35.5. The van der Waals surface area contributed by atoms with E-state index in [0.717, 1.165) is 10.6 Å². The number of hydrogen-bond donors (Lipinski definition) is 1. The maximum Gasteiger partial charge on any atom is 0.0467 e. The second-order valence-corrected chi connectivity index (χ2v) is 4.90. The van der Waals surface area contributed by atoms with Crippen molar-refractivity contribution in [1.29, 1.82) is 0 Å². The summed E-state index contributed by atoms with van der Waals surface area (Å²) < 4.78 is 0. The number of rotatable bonds is 2. The third-order valence-corrected chi connectivity index (χ3v) is 2.67. The third-order valence-electron chi connectivity index (χ3n) is 1.33. The minimum Gasteiger partial charge on any atom is -0.398 e. The Morgan fingerprint density at radius 2 is 2.08 bits per heavy atom. The molecule has 0 aliphatic rings. The summed E-state index contributed by atoms with van der Waals surface area (Å²) in [5, 5.41) is 1.24. The molecule has 0 saturated heterocycles. The maximum absolute atomic E-state index is 5.76. The highest BCUT2D eigenvalue weighted by Gasteiger charge is 2.02. The molecule has 0 bridgehead atoms. The van der Waals surface area contributed by atoms with E-state index in [4.69, 9.17) is 17.3 Å². The molecule has 0 unspecified atom stereocenters. The molecule has 1 nitrogen and oxygen atoms in total. The fourth-order valence-corrected chi connectivity index (χ4v) is 1.91. The highest BCUT2D eigenvalue weighted by molar-refractivity contribution is 8.00. The molecule has 2 N–H and O–H groups in total. The molecule has 0 aromatic heterocycles. The van der Waals surface area contributed by atoms with Crippen LogP contribution in [0.5, 0.6) is 0 Å². The first kappa shape index (κ1) is 9.75. The van der Waals surface area contributed by atoms with Crippen molar-refractivity contribution in [2.45, 2.75) is 24.0 Å². The zero-order valence-electron chi connectivity index (χ0n) is 7.17. The molecule has 0 aliphatic heterocycles. The molecule has 0 heterocycles. The van der Waals surface area contributed by atoms with E-state index in [1.165, 1.54) is 0 Å². The summed E-state index contributed by atoms with van der Waals surface area (Å²) in [6.45, 7) is 4.28. The predicted octanol–water partition coefficient (Wildman–Crippen LogP) is 3.42. The molecule has 0 amide bonds. The molecule has 1 aromatic rings. The van der Waals surface area contributed by atoms with Crippen molar-refractivity contribution in [1.82, 2.24) is 0 Å². The highest BCUT2D eigenvalue weighted by Crippen LogP contribution is 2.30. The number of nitrogens with two attached hydrogens (primary N) is 1. The summed E-state index contributed by atoms with van der Waals surface area (Å²) >= 11 is 7.51. The predicted molar refractivity (Wildman–Crippen MR) is 56.9 cm³/mol. The number of halogens is 1. The molecular formula is C9H12ClNS. The topological polar surface area (TPSA) is 26.0 Å². The van der Waals surface area contributed by atoms with Gasteiger partial charge in [0.15, 0.2) is 0 Å². The minimum absolute atomic E-state index is 0.550. The smallest absolute Gasteiger partial charge is 0.0467 e. The lowest BCUT2D eigenvalue weighted by molar-refractivity contribution is 1.11. The van der Waals surface area contributed by atoms with Gasteiger partial charge in [0, 0.05) is 20.9 Å². The lowest BCUT2D eigenvalue weighted by atomic mass is 10.3. The first-order valence-corrected chi connectivity index (χ1v) is 5.07. The van der Waals surface area contributed by atoms with Gasteiger partial charge in [0.1, 0.15) is 0 Å². The molecule has 1 aromatic carbocycles. The normalized spacial score (nSPS) is 10.7. The molecule has 66 valence electrons. The van der Waals surface area contributed by atoms with Gasteiger partial charge in [-0.25, -0.2) is 0 Å². The van der Waals surface area contributed by atoms with Crippen LogP contribution < -0.4 is 5.73 Å². The van der Waals surface area contributed by atoms with Gasteiger partial charge < -0.3 is 5.73 Å². The Hall–Kier alpha value is -0.340. The lowest BCUT2D eigenvalue weighted by Crippen LogP contribution is -1.92. The van der Waals surface area contributed by atoms with E-state index in [2.05, 4.69) is 13.8 Å². The number of benzene rings is 1. The largest absolute Gasteiger partial charge is 0.398 e. The summed E-state index contributed by atoms with van der Waals surface area (Å²) in [6, 6.07) is 5.61. The maximum atomic E-state index is 5.76. The number of nitrogen functional groups attached to an aromatic ring is 1. The van der Waals surface area contributed by atoms with Crippen LogP contribution in [0.1, 0.15) is 13.8 Å². The van der Waals surface area contributed by atoms with Crippen LogP contribution in [-0.4, -0.2) is 5.25 Å². The Bertz CT molecular complexity index is 273. The van der Waals surface area contributed by atoms with Crippen LogP contribution in [0.4, 0.5) is 5.69 Å². The van der Waals surface area contributed by atoms with Gasteiger partial charge in [-0.15, -0.1) is 11.8 Å². The van der Waals surface area contributed by atoms with Gasteiger partial charge >= 0.3 is 0 Å². The Kier molecular flexibility index (Phi) is 3.29. The van der Waals surface area contributed by atoms with Crippen LogP contribution in [0.2, 0.25) is 5.02 Å². The zero-order valence-corrected chi connectivity index (χ0v) is 8.75. The lowest BCUT2D eigenvalue weighted by Gasteiger charge is -2.07. The van der Waals surface area contributed by atoms with Crippen molar-refractivity contribution >= 4 is 29.1 Å². The van der Waals surface area contributed by atoms with Gasteiger partial charge in [0.25, 0.3) is 0 Å². The summed E-state index contributed by atoms with van der Waals surface area (Å²) in [7, 11) is 0. The van der Waals surface area contributed by atoms with E-state index in [-0.39, 0.29) is 0 Å². The molecule has 0 fully saturated rings. The van der Waals surface area contributed by atoms with Crippen molar-refractivity contribution in [2.24, 2.45) is 0 Å². The van der Waals surface area contributed by atoms with Crippen LogP contribution >= 0.6 is 23.4 Å². The second-order valence-electron chi connectivity index (χ2n) is 2.85. The van der Waals surface area contributed by atoms with E-state index in [0.29, 0.717) is 10.3 Å². The van der Waals surface area contributed by atoms with Crippen molar-refractivity contribution < 1.29 is 0 Å². The fraction of sp³-hybridized carbons (Fsp3) is 0.333. The van der Waals surface area contributed by atoms with Crippen molar-refractivity contribution in [3.63, 3.8) is 0 Å². The molecule has 0 spiro atoms. The van der Waals surface area contributed by atoms with E-state index in [1.807, 2.05) is 12.1 Å². The van der Waals surface area contributed by atoms with Crippen LogP contribution in [0.3, 0.4) is 0 Å². The fourth-order valence-electron chi connectivity index (χ4n) is 0.881. The molecule has 0 aliphatic carbocycles. The van der Waals surface area contributed by atoms with Crippen LogP contribution in [-0.2, 0) is 0 Å². The standard InChI is InChI=1S/C9H12ClNS/c1-6(2)12-9-4-3-7(10)5-8(9)11/h3-6H,11H2,1-2H3. The zero-order chi connectivity index (χ0) is 9.14. The number of anilines is 1. The SMILES string of the molecule is CC(C)Sc1ccc(Cl)cc1N. The molecular weight excluding hydrogens is 190 g/mol. The van der Waals surface area contributed by atoms with Gasteiger partial charge in [-0.2, -0.15) is 0 Å². The Morgan fingerprint density at radius 1 is 1.42 bits per heavy atom. The Balaban J connectivity index is 2.86. The summed E-state index contributed by atoms with van der Waals surface area (Å²) in [6.07, 6.45) is 0. The second kappa shape index (κ2) is 4.06. The Morgan fingerprint density at radius 3 is 2.58 bits per heavy atom. The minimum atomic E-state index is 0.550. The average Bonchev–Trinajstić information content (AvgIpc) is 1.94. The molecule has 12 heavy (non-hydrogen) atoms. The number of hydrogen-bond acceptors (Lipinski definition) is 2. The molecule has 0 atom stereocenters. The van der Waals surface area contributed by atoms with Crippen LogP contribution in [0.15, 0.2) is 23.1 Å². The molecule has 0 radical (unpaired) electrons. The molecule has 0 saturated carbocycles. The van der Waals surface area contributed by atoms with Gasteiger partial charge in [0.05, 0.1) is 0 Å². The number of thioether (sulfide) groups is 1. The first-order valence-electron chi connectivity index (χ1n) is 3.81. The van der Waals surface area contributed by atoms with Gasteiger partial charge in [-0.1, -0.05) is 25.4 Å². The van der Waals surface area contributed by atoms with E-state index in [9.17, 15) is 0 Å². The summed E-state index contributed by atoms with van der Waals surface area (Å²) in [5.74, 6) is 0. The average molecular weight is 202 g/mol. The van der Waals surface area contributed by atoms with Crippen molar-refractivity contribution in [2.75, 3.05) is 5.73 Å². The molecule has 3 heteroatoms. The first-order chi connectivity index (χ1) is 5.59. The van der Waals surface area contributed by atoms with Gasteiger partial charge in [-0.05, 0) is 18.2 Å². The summed E-state index contributed by atoms with van der Waals surface area (Å²) in [4.78, 5) is 1.11. The van der Waals surface area contributed by atoms with Crippen LogP contribution in [0, 0.1) is 0 Å². The van der Waals surface area contributed by atoms with Crippen molar-refractivity contribution in [3.8, 4) is 0 Å². The van der Waals surface area contributed by atoms with E-state index < -0.39 is 0 Å². The van der Waals surface area contributed by atoms with Gasteiger partial charge in [0.2, 0.25) is 0 Å². The third kappa shape index (κ3) is 2.61. The van der Waals surface area contributed by atoms with E-state index >= 15 is 0 Å². The monoisotopic (exact) mass is 201 g/mol.